The van der Waals surface area contributed by atoms with E-state index in [0.29, 0.717) is 0 Å². The van der Waals surface area contributed by atoms with E-state index in [0.717, 1.165) is 0 Å². The molecule has 0 unspecified atom stereocenters. The molecule has 0 heterocycles. The van der Waals surface area contributed by atoms with E-state index in [1.807, 2.05) is 0 Å². The van der Waals surface area contributed by atoms with Crippen LogP contribution in [0.4, 0.5) is 0 Å². The molecule has 0 saturated heterocycles. The van der Waals surface area contributed by atoms with Crippen LogP contribution in [0.15, 0.2) is 0 Å². The summed E-state index contributed by atoms with van der Waals surface area (Å²) in [6, 6.07) is 0. The van der Waals surface area contributed by atoms with E-state index < -0.39 is 0 Å². The quantitative estimate of drug-likeness (QED) is 0.584. The Bertz CT molecular complexity index is 7.51. The minimum absolute atomic E-state index is 0. The van der Waals surface area contributed by atoms with Gasteiger partial charge in [0.05, 0.1) is 0 Å². The third-order valence-corrected chi connectivity index (χ3v) is 0. The van der Waals surface area contributed by atoms with Crippen molar-refractivity contribution in [3.8, 4) is 0 Å². The molecule has 37 valence electrons. The molecule has 0 aromatic carbocycles. The normalized spacial score (nSPS) is 0. The van der Waals surface area contributed by atoms with Crippen molar-refractivity contribution in [1.29, 1.82) is 0 Å². The van der Waals surface area contributed by atoms with Gasteiger partial charge in [0.2, 0.25) is 0 Å². The van der Waals surface area contributed by atoms with Crippen LogP contribution in [-0.2, 0) is 19.5 Å². The molecule has 1 radical (unpaired) electrons. The summed E-state index contributed by atoms with van der Waals surface area (Å²) in [5.41, 5.74) is 0. The zero-order valence-electron chi connectivity index (χ0n) is 2.92. The Morgan fingerprint density at radius 2 is 0.500 bits per heavy atom. The van der Waals surface area contributed by atoms with Crippen molar-refractivity contribution in [3.05, 3.63) is 0 Å². The molecule has 0 fully saturated rings. The first-order chi connectivity index (χ1) is 0. The van der Waals surface area contributed by atoms with Gasteiger partial charge in [0.15, 0.2) is 0 Å². The van der Waals surface area contributed by atoms with Crippen molar-refractivity contribution in [2.45, 2.75) is 0 Å². The molecule has 0 bridgehead atoms. The molecule has 0 aliphatic carbocycles. The van der Waals surface area contributed by atoms with Crippen molar-refractivity contribution >= 4 is 49.6 Å². The average Bonchev–Trinajstić information content (AvgIpc) is 0. The molecule has 0 aromatic heterocycles. The number of hydrogen-bond acceptors (Lipinski definition) is 0. The molecular formula is H4Cl4LaZn. The fourth-order valence-electron chi connectivity index (χ4n) is 0. The smallest absolute Gasteiger partial charge is 0 e. The van der Waals surface area contributed by atoms with Gasteiger partial charge in [-0.15, -0.1) is 49.6 Å². The summed E-state index contributed by atoms with van der Waals surface area (Å²) in [6.07, 6.45) is 0. The zero-order chi connectivity index (χ0) is 0. The first kappa shape index (κ1) is 64.4. The Labute approximate surface area is 103 Å². The van der Waals surface area contributed by atoms with Gasteiger partial charge in [0.25, 0.3) is 0 Å². The second-order valence-corrected chi connectivity index (χ2v) is 0. The molecule has 0 aromatic rings. The number of rotatable bonds is 0. The van der Waals surface area contributed by atoms with Crippen LogP contribution in [0.25, 0.3) is 0 Å². The van der Waals surface area contributed by atoms with E-state index >= 15 is 0 Å². The fraction of sp³-hybridized carbons (Fsp3) is 0. The van der Waals surface area contributed by atoms with Gasteiger partial charge in [-0.1, -0.05) is 0 Å². The Morgan fingerprint density at radius 3 is 0.500 bits per heavy atom. The van der Waals surface area contributed by atoms with Gasteiger partial charge >= 0.3 is 0 Å². The first-order valence-corrected chi connectivity index (χ1v) is 0. The van der Waals surface area contributed by atoms with Crippen LogP contribution in [0.1, 0.15) is 0 Å². The van der Waals surface area contributed by atoms with Crippen molar-refractivity contribution in [2.75, 3.05) is 0 Å². The van der Waals surface area contributed by atoms with E-state index in [-0.39, 0.29) is 105 Å². The Kier molecular flexibility index (Phi) is 470. The van der Waals surface area contributed by atoms with Gasteiger partial charge < -0.3 is 0 Å². The predicted octanol–water partition coefficient (Wildman–Crippen LogP) is 1.68. The SMILES string of the molecule is Cl.Cl.Cl.Cl.[La].[Zn]. The van der Waals surface area contributed by atoms with Crippen molar-refractivity contribution in [2.24, 2.45) is 0 Å². The molecule has 0 nitrogen and oxygen atoms in total. The second-order valence-electron chi connectivity index (χ2n) is 0. The van der Waals surface area contributed by atoms with E-state index in [4.69, 9.17) is 0 Å². The van der Waals surface area contributed by atoms with Gasteiger partial charge in [-0.05, 0) is 0 Å². The first-order valence-electron chi connectivity index (χ1n) is 0. The van der Waals surface area contributed by atoms with Gasteiger partial charge in [-0.2, -0.15) is 0 Å². The summed E-state index contributed by atoms with van der Waals surface area (Å²) in [5.74, 6) is 0. The Morgan fingerprint density at radius 1 is 0.500 bits per heavy atom. The largest absolute Gasteiger partial charge is 0.147 e. The van der Waals surface area contributed by atoms with Crippen molar-refractivity contribution < 1.29 is 55.1 Å². The molecule has 0 atom stereocenters. The summed E-state index contributed by atoms with van der Waals surface area (Å²) in [5, 5.41) is 0. The van der Waals surface area contributed by atoms with Crippen LogP contribution in [0.5, 0.6) is 0 Å². The van der Waals surface area contributed by atoms with Crippen LogP contribution in [0.2, 0.25) is 0 Å². The molecule has 0 N–H and O–H groups in total. The molecule has 0 amide bonds. The van der Waals surface area contributed by atoms with Crippen molar-refractivity contribution in [1.82, 2.24) is 0 Å². The zero-order valence-corrected chi connectivity index (χ0v) is 12.8. The number of halogens is 4. The Hall–Kier alpha value is 2.98. The summed E-state index contributed by atoms with van der Waals surface area (Å²) in [7, 11) is 0. The van der Waals surface area contributed by atoms with E-state index in [2.05, 4.69) is 0 Å². The van der Waals surface area contributed by atoms with E-state index in [9.17, 15) is 0 Å². The van der Waals surface area contributed by atoms with Crippen LogP contribution in [0.3, 0.4) is 0 Å². The maximum atomic E-state index is 0. The van der Waals surface area contributed by atoms with Crippen LogP contribution in [-0.4, -0.2) is 0 Å². The predicted molar refractivity (Wildman–Crippen MR) is 29.0 cm³/mol. The second kappa shape index (κ2) is 43.8. The number of hydrogen-bond donors (Lipinski definition) is 0. The topological polar surface area (TPSA) is 0 Å². The Balaban J connectivity index is 0. The molecular weight excluding hydrogens is 346 g/mol. The molecule has 0 spiro atoms. The van der Waals surface area contributed by atoms with Crippen LogP contribution < -0.4 is 0 Å². The van der Waals surface area contributed by atoms with Gasteiger partial charge in [0, 0.05) is 55.1 Å². The van der Waals surface area contributed by atoms with E-state index in [1.165, 1.54) is 0 Å². The molecule has 0 saturated carbocycles. The summed E-state index contributed by atoms with van der Waals surface area (Å²) >= 11 is 0. The fourth-order valence-corrected chi connectivity index (χ4v) is 0. The summed E-state index contributed by atoms with van der Waals surface area (Å²) in [4.78, 5) is 0. The molecule has 0 rings (SSSR count). The third kappa shape index (κ3) is 28.1. The van der Waals surface area contributed by atoms with Gasteiger partial charge in [-0.3, -0.25) is 0 Å². The monoisotopic (exact) mass is 347 g/mol. The maximum Gasteiger partial charge on any atom is 0 e. The average molecular weight is 350 g/mol. The third-order valence-electron chi connectivity index (χ3n) is 0. The molecule has 0 aliphatic rings. The van der Waals surface area contributed by atoms with Crippen LogP contribution >= 0.6 is 49.6 Å². The molecule has 6 heavy (non-hydrogen) atoms. The molecule has 0 aliphatic heterocycles. The minimum Gasteiger partial charge on any atom is -0.147 e. The summed E-state index contributed by atoms with van der Waals surface area (Å²) in [6.45, 7) is 0. The van der Waals surface area contributed by atoms with Gasteiger partial charge in [0.1, 0.15) is 0 Å². The maximum absolute atomic E-state index is 0. The van der Waals surface area contributed by atoms with Crippen molar-refractivity contribution in [3.63, 3.8) is 0 Å². The summed E-state index contributed by atoms with van der Waals surface area (Å²) < 4.78 is 0. The standard InChI is InChI=1S/4ClH.La.Zn/h4*1H;;. The van der Waals surface area contributed by atoms with Crippen LogP contribution in [0, 0.1) is 35.6 Å². The van der Waals surface area contributed by atoms with E-state index in [1.54, 1.807) is 0 Å². The van der Waals surface area contributed by atoms with Gasteiger partial charge in [-0.25, -0.2) is 0 Å². The minimum atomic E-state index is 0. The molecule has 6 heteroatoms.